The highest BCUT2D eigenvalue weighted by Crippen LogP contribution is 2.44. The number of hydrogen-bond acceptors (Lipinski definition) is 6. The van der Waals surface area contributed by atoms with Crippen LogP contribution in [0.1, 0.15) is 29.9 Å². The second-order valence-corrected chi connectivity index (χ2v) is 8.23. The van der Waals surface area contributed by atoms with Crippen LogP contribution in [0, 0.1) is 5.41 Å². The van der Waals surface area contributed by atoms with Crippen molar-refractivity contribution in [3.8, 4) is 11.1 Å². The number of fused-ring (bicyclic) bond motifs is 3. The molecule has 0 spiro atoms. The third kappa shape index (κ3) is 4.99. The van der Waals surface area contributed by atoms with Gasteiger partial charge in [0.05, 0.1) is 12.0 Å². The average Bonchev–Trinajstić information content (AvgIpc) is 3.15. The highest BCUT2D eigenvalue weighted by atomic mass is 16.7. The standard InChI is InChI=1S/C24H26N2O7/c27-21(28)13-33-26-22(29)24(10-5-11-31-15-24)14-25-23(30)32-12-20-18-8-3-1-6-16(18)17-7-2-4-9-19(17)20/h1-4,6-9,20H,5,10-15H2,(H,25,30)(H,26,29)(H,27,28). The van der Waals surface area contributed by atoms with Gasteiger partial charge in [-0.05, 0) is 35.1 Å². The summed E-state index contributed by atoms with van der Waals surface area (Å²) in [5.74, 6) is -1.81. The van der Waals surface area contributed by atoms with E-state index in [1.807, 2.05) is 36.4 Å². The van der Waals surface area contributed by atoms with Gasteiger partial charge in [-0.25, -0.2) is 15.1 Å². The fourth-order valence-corrected chi connectivity index (χ4v) is 4.41. The zero-order valence-corrected chi connectivity index (χ0v) is 18.0. The third-order valence-electron chi connectivity index (χ3n) is 6.08. The van der Waals surface area contributed by atoms with Gasteiger partial charge in [-0.3, -0.25) is 9.63 Å². The lowest BCUT2D eigenvalue weighted by molar-refractivity contribution is -0.157. The number of alkyl carbamates (subject to hydrolysis) is 1. The molecule has 1 heterocycles. The van der Waals surface area contributed by atoms with Crippen molar-refractivity contribution in [2.24, 2.45) is 5.41 Å². The molecule has 2 aromatic rings. The number of ether oxygens (including phenoxy) is 2. The fourth-order valence-electron chi connectivity index (χ4n) is 4.41. The van der Waals surface area contributed by atoms with Gasteiger partial charge in [-0.2, -0.15) is 0 Å². The van der Waals surface area contributed by atoms with E-state index in [-0.39, 0.29) is 25.7 Å². The highest BCUT2D eigenvalue weighted by molar-refractivity contribution is 5.83. The molecule has 3 N–H and O–H groups in total. The second kappa shape index (κ2) is 10.0. The van der Waals surface area contributed by atoms with Crippen molar-refractivity contribution >= 4 is 18.0 Å². The van der Waals surface area contributed by atoms with Crippen LogP contribution in [0.5, 0.6) is 0 Å². The number of carboxylic acids is 1. The summed E-state index contributed by atoms with van der Waals surface area (Å²) < 4.78 is 11.0. The zero-order chi connectivity index (χ0) is 23.3. The monoisotopic (exact) mass is 454 g/mol. The second-order valence-electron chi connectivity index (χ2n) is 8.23. The van der Waals surface area contributed by atoms with Crippen LogP contribution in [0.25, 0.3) is 11.1 Å². The first kappa shape index (κ1) is 22.8. The van der Waals surface area contributed by atoms with Crippen molar-refractivity contribution in [2.75, 3.05) is 33.0 Å². The van der Waals surface area contributed by atoms with Crippen LogP contribution < -0.4 is 10.8 Å². The van der Waals surface area contributed by atoms with Crippen LogP contribution in [-0.2, 0) is 23.9 Å². The average molecular weight is 454 g/mol. The number of benzene rings is 2. The van der Waals surface area contributed by atoms with Crippen LogP contribution in [0.4, 0.5) is 4.79 Å². The van der Waals surface area contributed by atoms with Gasteiger partial charge >= 0.3 is 12.1 Å². The molecule has 9 nitrogen and oxygen atoms in total. The van der Waals surface area contributed by atoms with Gasteiger partial charge in [0.25, 0.3) is 5.91 Å². The van der Waals surface area contributed by atoms with E-state index in [0.717, 1.165) is 22.3 Å². The van der Waals surface area contributed by atoms with Crippen molar-refractivity contribution in [1.29, 1.82) is 0 Å². The van der Waals surface area contributed by atoms with E-state index in [2.05, 4.69) is 22.9 Å². The SMILES string of the molecule is O=C(O)CONC(=O)C1(CNC(=O)OCC2c3ccccc3-c3ccccc32)CCCOC1. The Kier molecular flexibility index (Phi) is 6.90. The number of carbonyl (C=O) groups excluding carboxylic acids is 2. The number of carbonyl (C=O) groups is 3. The lowest BCUT2D eigenvalue weighted by Gasteiger charge is -2.35. The number of amides is 2. The van der Waals surface area contributed by atoms with Gasteiger partial charge in [0.2, 0.25) is 0 Å². The van der Waals surface area contributed by atoms with Gasteiger partial charge in [0.15, 0.2) is 6.61 Å². The minimum absolute atomic E-state index is 0.0219. The van der Waals surface area contributed by atoms with Crippen LogP contribution in [0.3, 0.4) is 0 Å². The summed E-state index contributed by atoms with van der Waals surface area (Å²) >= 11 is 0. The molecule has 33 heavy (non-hydrogen) atoms. The first-order valence-corrected chi connectivity index (χ1v) is 10.8. The third-order valence-corrected chi connectivity index (χ3v) is 6.08. The van der Waals surface area contributed by atoms with Gasteiger partial charge in [0.1, 0.15) is 6.61 Å². The highest BCUT2D eigenvalue weighted by Gasteiger charge is 2.41. The molecule has 1 fully saturated rings. The Morgan fingerprint density at radius 1 is 1.06 bits per heavy atom. The maximum absolute atomic E-state index is 12.7. The Morgan fingerprint density at radius 3 is 2.33 bits per heavy atom. The molecule has 0 radical (unpaired) electrons. The molecule has 0 bridgehead atoms. The number of carboxylic acid groups (broad SMARTS) is 1. The van der Waals surface area contributed by atoms with Gasteiger partial charge < -0.3 is 19.9 Å². The Labute approximate surface area is 191 Å². The molecule has 0 saturated carbocycles. The molecular formula is C24H26N2O7. The molecule has 1 aliphatic heterocycles. The summed E-state index contributed by atoms with van der Waals surface area (Å²) in [5.41, 5.74) is 5.58. The molecule has 1 saturated heterocycles. The van der Waals surface area contributed by atoms with Crippen LogP contribution in [-0.4, -0.2) is 56.0 Å². The van der Waals surface area contributed by atoms with Crippen LogP contribution in [0.15, 0.2) is 48.5 Å². The lowest BCUT2D eigenvalue weighted by Crippen LogP contribution is -2.53. The van der Waals surface area contributed by atoms with Crippen molar-refractivity contribution < 1.29 is 33.8 Å². The number of aliphatic carboxylic acids is 1. The van der Waals surface area contributed by atoms with Crippen molar-refractivity contribution in [3.63, 3.8) is 0 Å². The van der Waals surface area contributed by atoms with Crippen LogP contribution >= 0.6 is 0 Å². The van der Waals surface area contributed by atoms with Crippen molar-refractivity contribution in [1.82, 2.24) is 10.8 Å². The predicted octanol–water partition coefficient (Wildman–Crippen LogP) is 2.45. The normalized spacial score (nSPS) is 19.3. The molecule has 2 aromatic carbocycles. The minimum atomic E-state index is -1.21. The van der Waals surface area contributed by atoms with E-state index in [9.17, 15) is 14.4 Å². The zero-order valence-electron chi connectivity index (χ0n) is 18.0. The van der Waals surface area contributed by atoms with Gasteiger partial charge in [-0.15, -0.1) is 0 Å². The maximum Gasteiger partial charge on any atom is 0.407 e. The first-order chi connectivity index (χ1) is 16.0. The summed E-state index contributed by atoms with van der Waals surface area (Å²) in [4.78, 5) is 40.5. The molecule has 9 heteroatoms. The van der Waals surface area contributed by atoms with Crippen molar-refractivity contribution in [3.05, 3.63) is 59.7 Å². The minimum Gasteiger partial charge on any atom is -0.479 e. The molecule has 174 valence electrons. The van der Waals surface area contributed by atoms with Crippen molar-refractivity contribution in [2.45, 2.75) is 18.8 Å². The molecule has 2 aliphatic rings. The maximum atomic E-state index is 12.7. The Balaban J connectivity index is 1.36. The molecule has 1 atom stereocenters. The largest absolute Gasteiger partial charge is 0.479 e. The quantitative estimate of drug-likeness (QED) is 0.524. The molecule has 1 aliphatic carbocycles. The Bertz CT molecular complexity index is 987. The molecule has 2 amide bonds. The van der Waals surface area contributed by atoms with E-state index in [4.69, 9.17) is 19.4 Å². The summed E-state index contributed by atoms with van der Waals surface area (Å²) in [6.45, 7) is 0.0700. The summed E-state index contributed by atoms with van der Waals surface area (Å²) in [7, 11) is 0. The predicted molar refractivity (Wildman–Crippen MR) is 117 cm³/mol. The Hall–Kier alpha value is -3.43. The van der Waals surface area contributed by atoms with E-state index in [0.29, 0.717) is 19.4 Å². The van der Waals surface area contributed by atoms with E-state index < -0.39 is 30.0 Å². The smallest absolute Gasteiger partial charge is 0.407 e. The van der Waals surface area contributed by atoms with E-state index in [1.54, 1.807) is 0 Å². The molecule has 1 unspecified atom stereocenters. The van der Waals surface area contributed by atoms with E-state index in [1.165, 1.54) is 0 Å². The summed E-state index contributed by atoms with van der Waals surface area (Å²) in [5, 5.41) is 11.3. The summed E-state index contributed by atoms with van der Waals surface area (Å²) in [6.07, 6.45) is 0.443. The number of hydroxylamine groups is 1. The Morgan fingerprint density at radius 2 is 1.73 bits per heavy atom. The molecular weight excluding hydrogens is 428 g/mol. The topological polar surface area (TPSA) is 123 Å². The fraction of sp³-hybridized carbons (Fsp3) is 0.375. The van der Waals surface area contributed by atoms with Crippen LogP contribution in [0.2, 0.25) is 0 Å². The number of rotatable bonds is 8. The van der Waals surface area contributed by atoms with E-state index >= 15 is 0 Å². The number of nitrogens with one attached hydrogen (secondary N) is 2. The molecule has 0 aromatic heterocycles. The summed E-state index contributed by atoms with van der Waals surface area (Å²) in [6, 6.07) is 16.1. The lowest BCUT2D eigenvalue weighted by atomic mass is 9.81. The van der Waals surface area contributed by atoms with Gasteiger partial charge in [-0.1, -0.05) is 48.5 Å². The molecule has 4 rings (SSSR count). The number of hydrogen-bond donors (Lipinski definition) is 3. The van der Waals surface area contributed by atoms with Gasteiger partial charge in [0, 0.05) is 19.1 Å². The first-order valence-electron chi connectivity index (χ1n) is 10.8.